The fraction of sp³-hybridized carbons (Fsp3) is 0.455. The average Bonchev–Trinajstić information content (AvgIpc) is 2.34. The van der Waals surface area contributed by atoms with Crippen molar-refractivity contribution in [1.82, 2.24) is 4.98 Å². The van der Waals surface area contributed by atoms with Crippen molar-refractivity contribution < 1.29 is 4.79 Å². The number of aryl methyl sites for hydroxylation is 1. The lowest BCUT2D eigenvalue weighted by atomic mass is 10.3. The number of carbonyl (C=O) groups is 1. The summed E-state index contributed by atoms with van der Waals surface area (Å²) in [6.07, 6.45) is 1.64. The molecule has 0 aliphatic rings. The first-order valence-electron chi connectivity index (χ1n) is 4.85. The Morgan fingerprint density at radius 2 is 1.93 bits per heavy atom. The molecule has 3 heteroatoms. The highest BCUT2D eigenvalue weighted by Gasteiger charge is 1.91. The Morgan fingerprint density at radius 1 is 1.36 bits per heavy atom. The summed E-state index contributed by atoms with van der Waals surface area (Å²) >= 11 is 0. The smallest absolute Gasteiger partial charge is 0.168 e. The highest BCUT2D eigenvalue weighted by atomic mass is 16.1. The fourth-order valence-corrected chi connectivity index (χ4v) is 0.761. The lowest BCUT2D eigenvalue weighted by Crippen LogP contribution is -1.90. The van der Waals surface area contributed by atoms with Crippen LogP contribution in [-0.2, 0) is 6.42 Å². The van der Waals surface area contributed by atoms with E-state index in [9.17, 15) is 4.79 Å². The van der Waals surface area contributed by atoms with Gasteiger partial charge in [-0.2, -0.15) is 0 Å². The van der Waals surface area contributed by atoms with E-state index < -0.39 is 0 Å². The standard InChI is InChI=1S/C8H9NO.C2H6.CH5N/c1-2-7-4-3-5-8(6-10)9-7;2*1-2/h3-6H,2H2,1H3;1-2H3;2H2,1H3. The normalized spacial score (nSPS) is 7.50. The van der Waals surface area contributed by atoms with Crippen LogP contribution in [0.15, 0.2) is 18.2 Å². The first-order valence-corrected chi connectivity index (χ1v) is 4.85. The molecule has 0 spiro atoms. The summed E-state index contributed by atoms with van der Waals surface area (Å²) in [4.78, 5) is 14.3. The van der Waals surface area contributed by atoms with Crippen molar-refractivity contribution in [2.45, 2.75) is 27.2 Å². The van der Waals surface area contributed by atoms with Crippen LogP contribution in [0.2, 0.25) is 0 Å². The summed E-state index contributed by atoms with van der Waals surface area (Å²) in [6.45, 7) is 6.01. The van der Waals surface area contributed by atoms with Gasteiger partial charge in [0.1, 0.15) is 5.69 Å². The summed E-state index contributed by atoms with van der Waals surface area (Å²) in [5.74, 6) is 0. The van der Waals surface area contributed by atoms with Crippen molar-refractivity contribution in [1.29, 1.82) is 0 Å². The van der Waals surface area contributed by atoms with Crippen LogP contribution in [0.4, 0.5) is 0 Å². The quantitative estimate of drug-likeness (QED) is 0.736. The van der Waals surface area contributed by atoms with Gasteiger partial charge in [0.05, 0.1) is 0 Å². The Labute approximate surface area is 86.4 Å². The van der Waals surface area contributed by atoms with E-state index in [0.29, 0.717) is 5.69 Å². The monoisotopic (exact) mass is 196 g/mol. The van der Waals surface area contributed by atoms with Crippen LogP contribution in [0.3, 0.4) is 0 Å². The molecule has 1 aromatic rings. The van der Waals surface area contributed by atoms with E-state index in [1.807, 2.05) is 32.9 Å². The Morgan fingerprint density at radius 3 is 2.36 bits per heavy atom. The van der Waals surface area contributed by atoms with Crippen LogP contribution in [-0.4, -0.2) is 18.3 Å². The number of pyridine rings is 1. The molecular weight excluding hydrogens is 176 g/mol. The predicted octanol–water partition coefficient (Wildman–Crippen LogP) is 2.06. The zero-order chi connectivity index (χ0) is 11.4. The predicted molar refractivity (Wildman–Crippen MR) is 60.5 cm³/mol. The second kappa shape index (κ2) is 11.8. The van der Waals surface area contributed by atoms with Crippen molar-refractivity contribution in [3.8, 4) is 0 Å². The Kier molecular flexibility index (Phi) is 12.8. The number of rotatable bonds is 2. The minimum atomic E-state index is 0.513. The maximum atomic E-state index is 10.2. The number of nitrogens with zero attached hydrogens (tertiary/aromatic N) is 1. The van der Waals surface area contributed by atoms with E-state index in [2.05, 4.69) is 10.7 Å². The lowest BCUT2D eigenvalue weighted by Gasteiger charge is -1.93. The highest BCUT2D eigenvalue weighted by Crippen LogP contribution is 1.96. The van der Waals surface area contributed by atoms with Gasteiger partial charge in [0.2, 0.25) is 0 Å². The highest BCUT2D eigenvalue weighted by molar-refractivity contribution is 5.71. The molecule has 0 aliphatic carbocycles. The second-order valence-corrected chi connectivity index (χ2v) is 2.03. The van der Waals surface area contributed by atoms with Gasteiger partial charge in [0.25, 0.3) is 0 Å². The van der Waals surface area contributed by atoms with E-state index in [4.69, 9.17) is 0 Å². The number of aldehydes is 1. The number of hydrogen-bond donors (Lipinski definition) is 1. The summed E-state index contributed by atoms with van der Waals surface area (Å²) in [7, 11) is 1.50. The van der Waals surface area contributed by atoms with Crippen molar-refractivity contribution >= 4 is 6.29 Å². The topological polar surface area (TPSA) is 56.0 Å². The van der Waals surface area contributed by atoms with Crippen LogP contribution >= 0.6 is 0 Å². The van der Waals surface area contributed by atoms with Gasteiger partial charge >= 0.3 is 0 Å². The molecule has 1 heterocycles. The molecule has 0 atom stereocenters. The van der Waals surface area contributed by atoms with E-state index in [1.54, 1.807) is 6.07 Å². The second-order valence-electron chi connectivity index (χ2n) is 2.03. The Balaban J connectivity index is 0. The molecule has 0 aliphatic heterocycles. The first kappa shape index (κ1) is 15.3. The molecule has 2 N–H and O–H groups in total. The minimum Gasteiger partial charge on any atom is -0.333 e. The molecule has 0 fully saturated rings. The van der Waals surface area contributed by atoms with Crippen molar-refractivity contribution in [3.05, 3.63) is 29.6 Å². The van der Waals surface area contributed by atoms with Gasteiger partial charge in [-0.1, -0.05) is 26.8 Å². The molecule has 0 radical (unpaired) electrons. The van der Waals surface area contributed by atoms with Gasteiger partial charge in [0.15, 0.2) is 6.29 Å². The largest absolute Gasteiger partial charge is 0.333 e. The molecular formula is C11H20N2O. The molecule has 80 valence electrons. The van der Waals surface area contributed by atoms with Gasteiger partial charge in [-0.25, -0.2) is 0 Å². The fourth-order valence-electron chi connectivity index (χ4n) is 0.761. The number of carbonyl (C=O) groups excluding carboxylic acids is 1. The molecule has 0 bridgehead atoms. The maximum Gasteiger partial charge on any atom is 0.168 e. The van der Waals surface area contributed by atoms with Gasteiger partial charge in [-0.15, -0.1) is 0 Å². The van der Waals surface area contributed by atoms with Crippen LogP contribution < -0.4 is 5.73 Å². The van der Waals surface area contributed by atoms with Gasteiger partial charge in [0, 0.05) is 5.69 Å². The van der Waals surface area contributed by atoms with Gasteiger partial charge in [-0.05, 0) is 25.6 Å². The molecule has 0 aromatic carbocycles. The van der Waals surface area contributed by atoms with Crippen LogP contribution in [0.5, 0.6) is 0 Å². The van der Waals surface area contributed by atoms with Crippen LogP contribution in [0.25, 0.3) is 0 Å². The van der Waals surface area contributed by atoms with Crippen LogP contribution in [0, 0.1) is 0 Å². The Hall–Kier alpha value is -1.22. The third kappa shape index (κ3) is 6.31. The van der Waals surface area contributed by atoms with Gasteiger partial charge < -0.3 is 5.73 Å². The first-order chi connectivity index (χ1) is 6.86. The number of aromatic nitrogens is 1. The van der Waals surface area contributed by atoms with Crippen molar-refractivity contribution in [2.24, 2.45) is 5.73 Å². The Bertz CT molecular complexity index is 236. The zero-order valence-corrected chi connectivity index (χ0v) is 9.45. The molecule has 14 heavy (non-hydrogen) atoms. The molecule has 3 nitrogen and oxygen atoms in total. The lowest BCUT2D eigenvalue weighted by molar-refractivity contribution is 0.111. The SMILES string of the molecule is CC.CCc1cccc(C=O)n1.CN. The third-order valence-electron chi connectivity index (χ3n) is 1.31. The van der Waals surface area contributed by atoms with Crippen molar-refractivity contribution in [2.75, 3.05) is 7.05 Å². The van der Waals surface area contributed by atoms with Crippen LogP contribution in [0.1, 0.15) is 37.0 Å². The molecule has 0 saturated carbocycles. The zero-order valence-electron chi connectivity index (χ0n) is 9.45. The summed E-state index contributed by atoms with van der Waals surface area (Å²) in [5.41, 5.74) is 5.98. The minimum absolute atomic E-state index is 0.513. The molecule has 0 saturated heterocycles. The maximum absolute atomic E-state index is 10.2. The van der Waals surface area contributed by atoms with E-state index in [1.165, 1.54) is 7.05 Å². The molecule has 0 amide bonds. The summed E-state index contributed by atoms with van der Waals surface area (Å²) in [5, 5.41) is 0. The molecule has 1 aromatic heterocycles. The van der Waals surface area contributed by atoms with Crippen molar-refractivity contribution in [3.63, 3.8) is 0 Å². The molecule has 1 rings (SSSR count). The summed E-state index contributed by atoms with van der Waals surface area (Å²) < 4.78 is 0. The van der Waals surface area contributed by atoms with E-state index in [-0.39, 0.29) is 0 Å². The van der Waals surface area contributed by atoms with E-state index >= 15 is 0 Å². The molecule has 0 unspecified atom stereocenters. The average molecular weight is 196 g/mol. The number of hydrogen-bond acceptors (Lipinski definition) is 3. The van der Waals surface area contributed by atoms with E-state index in [0.717, 1.165) is 18.4 Å². The summed E-state index contributed by atoms with van der Waals surface area (Å²) in [6, 6.07) is 5.45. The number of nitrogens with two attached hydrogens (primary N) is 1. The third-order valence-corrected chi connectivity index (χ3v) is 1.31. The van der Waals surface area contributed by atoms with Gasteiger partial charge in [-0.3, -0.25) is 9.78 Å².